The molecule has 0 bridgehead atoms. The zero-order valence-corrected chi connectivity index (χ0v) is 16.8. The quantitative estimate of drug-likeness (QED) is 0.708. The number of aromatic hydroxyl groups is 1. The summed E-state index contributed by atoms with van der Waals surface area (Å²) in [5.41, 5.74) is 0.560. The summed E-state index contributed by atoms with van der Waals surface area (Å²) in [7, 11) is 0. The fraction of sp³-hybridized carbons (Fsp3) is 0.579. The second kappa shape index (κ2) is 8.67. The van der Waals surface area contributed by atoms with E-state index in [9.17, 15) is 14.7 Å². The van der Waals surface area contributed by atoms with Crippen molar-refractivity contribution in [2.45, 2.75) is 32.2 Å². The summed E-state index contributed by atoms with van der Waals surface area (Å²) >= 11 is 12.1. The summed E-state index contributed by atoms with van der Waals surface area (Å²) < 4.78 is 0. The topological polar surface area (TPSA) is 81.7 Å². The van der Waals surface area contributed by atoms with Crippen LogP contribution in [0.3, 0.4) is 0 Å². The average molecular weight is 414 g/mol. The molecule has 3 rings (SSSR count). The maximum atomic E-state index is 12.6. The van der Waals surface area contributed by atoms with E-state index in [1.165, 1.54) is 13.0 Å². The van der Waals surface area contributed by atoms with Gasteiger partial charge in [-0.05, 0) is 37.8 Å². The van der Waals surface area contributed by atoms with Gasteiger partial charge in [0.1, 0.15) is 5.75 Å². The largest absolute Gasteiger partial charge is 0.508 e. The Labute approximate surface area is 169 Å². The zero-order chi connectivity index (χ0) is 19.6. The lowest BCUT2D eigenvalue weighted by molar-refractivity contribution is -0.136. The van der Waals surface area contributed by atoms with Gasteiger partial charge in [-0.2, -0.15) is 0 Å². The Morgan fingerprint density at radius 3 is 2.48 bits per heavy atom. The standard InChI is InChI=1S/C19H25Cl2N3O3/c1-11(25)23-18(14-8-15(20)16(21)9-17(14)26)12-3-6-24(7-4-12)19(27)13-2-5-22-10-13/h8-9,12-13,18,22,26H,2-7,10H2,1H3,(H,23,25)/t13-,18?/m1/s1. The van der Waals surface area contributed by atoms with Gasteiger partial charge in [-0.25, -0.2) is 0 Å². The molecule has 2 aliphatic heterocycles. The number of piperidine rings is 1. The number of phenols is 1. The molecular formula is C19H25Cl2N3O3. The number of benzene rings is 1. The highest BCUT2D eigenvalue weighted by molar-refractivity contribution is 6.42. The number of phenolic OH excluding ortho intramolecular Hbond substituents is 1. The van der Waals surface area contributed by atoms with E-state index in [-0.39, 0.29) is 40.5 Å². The molecule has 2 heterocycles. The average Bonchev–Trinajstić information content (AvgIpc) is 3.17. The number of hydrogen-bond acceptors (Lipinski definition) is 4. The molecule has 6 nitrogen and oxygen atoms in total. The molecule has 1 unspecified atom stereocenters. The Kier molecular flexibility index (Phi) is 6.50. The number of carbonyl (C=O) groups is 2. The molecule has 0 aromatic heterocycles. The predicted molar refractivity (Wildman–Crippen MR) is 105 cm³/mol. The first-order chi connectivity index (χ1) is 12.9. The van der Waals surface area contributed by atoms with Crippen molar-refractivity contribution in [2.24, 2.45) is 11.8 Å². The Hall–Kier alpha value is -1.50. The lowest BCUT2D eigenvalue weighted by atomic mass is 9.84. The van der Waals surface area contributed by atoms with Crippen LogP contribution in [-0.2, 0) is 9.59 Å². The molecular weight excluding hydrogens is 389 g/mol. The third-order valence-corrected chi connectivity index (χ3v) is 6.22. The summed E-state index contributed by atoms with van der Waals surface area (Å²) in [6.07, 6.45) is 2.39. The number of halogens is 2. The molecule has 0 spiro atoms. The van der Waals surface area contributed by atoms with Crippen LogP contribution in [-0.4, -0.2) is 48.0 Å². The fourth-order valence-electron chi connectivity index (χ4n) is 4.05. The van der Waals surface area contributed by atoms with Crippen molar-refractivity contribution < 1.29 is 14.7 Å². The van der Waals surface area contributed by atoms with Crippen molar-refractivity contribution in [3.05, 3.63) is 27.7 Å². The van der Waals surface area contributed by atoms with E-state index in [0.29, 0.717) is 23.7 Å². The van der Waals surface area contributed by atoms with E-state index in [1.54, 1.807) is 6.07 Å². The second-order valence-electron chi connectivity index (χ2n) is 7.36. The minimum atomic E-state index is -0.373. The molecule has 0 saturated carbocycles. The van der Waals surface area contributed by atoms with Gasteiger partial charge < -0.3 is 20.6 Å². The van der Waals surface area contributed by atoms with E-state index in [1.807, 2.05) is 4.90 Å². The molecule has 2 atom stereocenters. The van der Waals surface area contributed by atoms with Crippen LogP contribution < -0.4 is 10.6 Å². The van der Waals surface area contributed by atoms with Gasteiger partial charge in [0, 0.05) is 38.2 Å². The van der Waals surface area contributed by atoms with Gasteiger partial charge in [0.2, 0.25) is 11.8 Å². The SMILES string of the molecule is CC(=O)NC(c1cc(Cl)c(Cl)cc1O)C1CCN(C(=O)[C@@H]2CCNC2)CC1. The van der Waals surface area contributed by atoms with E-state index in [4.69, 9.17) is 23.2 Å². The number of nitrogens with one attached hydrogen (secondary N) is 2. The van der Waals surface area contributed by atoms with Gasteiger partial charge in [0.15, 0.2) is 0 Å². The summed E-state index contributed by atoms with van der Waals surface area (Å²) in [6, 6.07) is 2.64. The molecule has 2 amide bonds. The van der Waals surface area contributed by atoms with Crippen molar-refractivity contribution in [2.75, 3.05) is 26.2 Å². The Morgan fingerprint density at radius 1 is 1.22 bits per heavy atom. The maximum Gasteiger partial charge on any atom is 0.227 e. The maximum absolute atomic E-state index is 12.6. The molecule has 1 aromatic rings. The number of carbonyl (C=O) groups excluding carboxylic acids is 2. The fourth-order valence-corrected chi connectivity index (χ4v) is 4.38. The molecule has 1 aromatic carbocycles. The van der Waals surface area contributed by atoms with Gasteiger partial charge in [-0.15, -0.1) is 0 Å². The van der Waals surface area contributed by atoms with Crippen LogP contribution in [0, 0.1) is 11.8 Å². The Balaban J connectivity index is 1.73. The monoisotopic (exact) mass is 413 g/mol. The highest BCUT2D eigenvalue weighted by Crippen LogP contribution is 2.39. The van der Waals surface area contributed by atoms with Crippen molar-refractivity contribution in [3.63, 3.8) is 0 Å². The smallest absolute Gasteiger partial charge is 0.227 e. The summed E-state index contributed by atoms with van der Waals surface area (Å²) in [6.45, 7) is 4.40. The molecule has 2 aliphatic rings. The summed E-state index contributed by atoms with van der Waals surface area (Å²) in [4.78, 5) is 26.3. The highest BCUT2D eigenvalue weighted by Gasteiger charge is 2.34. The van der Waals surface area contributed by atoms with Gasteiger partial charge in [-0.3, -0.25) is 9.59 Å². The first-order valence-electron chi connectivity index (χ1n) is 9.31. The van der Waals surface area contributed by atoms with E-state index in [0.717, 1.165) is 32.4 Å². The molecule has 0 aliphatic carbocycles. The third-order valence-electron chi connectivity index (χ3n) is 5.50. The van der Waals surface area contributed by atoms with Crippen LogP contribution in [0.15, 0.2) is 12.1 Å². The van der Waals surface area contributed by atoms with Gasteiger partial charge in [0.25, 0.3) is 0 Å². The number of likely N-dealkylation sites (tertiary alicyclic amines) is 1. The normalized spacial score (nSPS) is 21.9. The summed E-state index contributed by atoms with van der Waals surface area (Å²) in [5, 5.41) is 17.1. The number of rotatable bonds is 4. The van der Waals surface area contributed by atoms with Crippen LogP contribution in [0.2, 0.25) is 10.0 Å². The minimum Gasteiger partial charge on any atom is -0.508 e. The summed E-state index contributed by atoms with van der Waals surface area (Å²) in [5.74, 6) is 0.223. The van der Waals surface area contributed by atoms with Gasteiger partial charge in [-0.1, -0.05) is 23.2 Å². The molecule has 0 radical (unpaired) electrons. The number of amides is 2. The lowest BCUT2D eigenvalue weighted by Gasteiger charge is -2.37. The van der Waals surface area contributed by atoms with Gasteiger partial charge in [0.05, 0.1) is 22.0 Å². The molecule has 8 heteroatoms. The van der Waals surface area contributed by atoms with E-state index >= 15 is 0 Å². The van der Waals surface area contributed by atoms with Crippen LogP contribution >= 0.6 is 23.2 Å². The van der Waals surface area contributed by atoms with Crippen LogP contribution in [0.25, 0.3) is 0 Å². The van der Waals surface area contributed by atoms with Crippen molar-refractivity contribution in [1.82, 2.24) is 15.5 Å². The highest BCUT2D eigenvalue weighted by atomic mass is 35.5. The van der Waals surface area contributed by atoms with Crippen LogP contribution in [0.4, 0.5) is 0 Å². The lowest BCUT2D eigenvalue weighted by Crippen LogP contribution is -2.45. The first kappa shape index (κ1) is 20.2. The van der Waals surface area contributed by atoms with Crippen molar-refractivity contribution in [3.8, 4) is 5.75 Å². The molecule has 2 saturated heterocycles. The van der Waals surface area contributed by atoms with Crippen LogP contribution in [0.5, 0.6) is 5.75 Å². The van der Waals surface area contributed by atoms with E-state index < -0.39 is 0 Å². The van der Waals surface area contributed by atoms with Gasteiger partial charge >= 0.3 is 0 Å². The second-order valence-corrected chi connectivity index (χ2v) is 8.17. The first-order valence-corrected chi connectivity index (χ1v) is 10.1. The van der Waals surface area contributed by atoms with E-state index in [2.05, 4.69) is 10.6 Å². The number of hydrogen-bond donors (Lipinski definition) is 3. The number of nitrogens with zero attached hydrogens (tertiary/aromatic N) is 1. The molecule has 148 valence electrons. The minimum absolute atomic E-state index is 0.0127. The Morgan fingerprint density at radius 2 is 1.89 bits per heavy atom. The van der Waals surface area contributed by atoms with Crippen molar-refractivity contribution >= 4 is 35.0 Å². The van der Waals surface area contributed by atoms with Crippen LogP contribution in [0.1, 0.15) is 37.8 Å². The van der Waals surface area contributed by atoms with Crippen molar-refractivity contribution in [1.29, 1.82) is 0 Å². The molecule has 27 heavy (non-hydrogen) atoms. The third kappa shape index (κ3) is 4.68. The predicted octanol–water partition coefficient (Wildman–Crippen LogP) is 2.72. The molecule has 3 N–H and O–H groups in total. The Bertz CT molecular complexity index is 714. The molecule has 2 fully saturated rings. The zero-order valence-electron chi connectivity index (χ0n) is 15.3.